The molecule has 1 aliphatic heterocycles. The highest BCUT2D eigenvalue weighted by Crippen LogP contribution is 2.38. The van der Waals surface area contributed by atoms with Crippen molar-refractivity contribution >= 4 is 34.8 Å². The topological polar surface area (TPSA) is 69.7 Å². The second-order valence-corrected chi connectivity index (χ2v) is 8.97. The summed E-state index contributed by atoms with van der Waals surface area (Å²) in [5.74, 6) is -0.589. The molecule has 1 heterocycles. The number of carbonyl (C=O) groups is 3. The number of fused-ring (bicyclic) bond motifs is 1. The molecule has 2 unspecified atom stereocenters. The molecular weight excluding hydrogens is 402 g/mol. The monoisotopic (exact) mass is 433 g/mol. The molecule has 0 radical (unpaired) electrons. The van der Waals surface area contributed by atoms with Gasteiger partial charge in [-0.15, -0.1) is 0 Å². The van der Waals surface area contributed by atoms with Crippen LogP contribution in [0.2, 0.25) is 0 Å². The largest absolute Gasteiger partial charge is 0.356 e. The standard InChI is InChI=1S/C26H31N3O3/c1-18(2)29(21-14-12-20(13-15-21)27-19-8-4-3-5-9-19)24(30)16-17-28-25(31)22-10-6-7-11-23(22)26(28)32/h3-5,8-9,12-15,18,22-23,27H,6-7,10-11,16-17H2,1-2H3. The number of likely N-dealkylation sites (tertiary alicyclic amines) is 1. The quantitative estimate of drug-likeness (QED) is 0.641. The molecule has 2 aromatic carbocycles. The van der Waals surface area contributed by atoms with E-state index in [1.807, 2.05) is 68.4 Å². The summed E-state index contributed by atoms with van der Waals surface area (Å²) in [6.45, 7) is 4.10. The van der Waals surface area contributed by atoms with Crippen LogP contribution in [-0.4, -0.2) is 35.2 Å². The molecule has 0 bridgehead atoms. The average molecular weight is 434 g/mol. The zero-order chi connectivity index (χ0) is 22.7. The Morgan fingerprint density at radius 2 is 1.50 bits per heavy atom. The molecule has 2 atom stereocenters. The molecule has 2 aliphatic rings. The molecule has 1 saturated heterocycles. The Hall–Kier alpha value is -3.15. The van der Waals surface area contributed by atoms with Crippen molar-refractivity contribution in [2.24, 2.45) is 11.8 Å². The van der Waals surface area contributed by atoms with Gasteiger partial charge in [0.1, 0.15) is 0 Å². The molecule has 1 N–H and O–H groups in total. The van der Waals surface area contributed by atoms with Gasteiger partial charge < -0.3 is 10.2 Å². The van der Waals surface area contributed by atoms with Crippen molar-refractivity contribution in [3.63, 3.8) is 0 Å². The fourth-order valence-corrected chi connectivity index (χ4v) is 4.90. The highest BCUT2D eigenvalue weighted by molar-refractivity contribution is 6.05. The maximum absolute atomic E-state index is 13.1. The van der Waals surface area contributed by atoms with E-state index >= 15 is 0 Å². The molecule has 1 aliphatic carbocycles. The average Bonchev–Trinajstić information content (AvgIpc) is 3.04. The third-order valence-corrected chi connectivity index (χ3v) is 6.47. The Balaban J connectivity index is 1.41. The summed E-state index contributed by atoms with van der Waals surface area (Å²) in [6, 6.07) is 17.6. The minimum Gasteiger partial charge on any atom is -0.356 e. The summed E-state index contributed by atoms with van der Waals surface area (Å²) in [7, 11) is 0. The third kappa shape index (κ3) is 4.54. The van der Waals surface area contributed by atoms with E-state index in [1.165, 1.54) is 4.90 Å². The predicted octanol–water partition coefficient (Wildman–Crippen LogP) is 4.74. The molecule has 1 saturated carbocycles. The molecule has 2 fully saturated rings. The lowest BCUT2D eigenvalue weighted by atomic mass is 9.81. The number of para-hydroxylation sites is 1. The SMILES string of the molecule is CC(C)N(C(=O)CCN1C(=O)C2CCCCC2C1=O)c1ccc(Nc2ccccc2)cc1. The first kappa shape index (κ1) is 22.1. The van der Waals surface area contributed by atoms with Gasteiger partial charge in [0.15, 0.2) is 0 Å². The van der Waals surface area contributed by atoms with Crippen molar-refractivity contribution in [2.75, 3.05) is 16.8 Å². The van der Waals surface area contributed by atoms with Crippen LogP contribution < -0.4 is 10.2 Å². The third-order valence-electron chi connectivity index (χ3n) is 6.47. The Kier molecular flexibility index (Phi) is 6.58. The summed E-state index contributed by atoms with van der Waals surface area (Å²) in [5.41, 5.74) is 2.74. The number of imide groups is 1. The van der Waals surface area contributed by atoms with E-state index in [-0.39, 0.29) is 48.6 Å². The zero-order valence-electron chi connectivity index (χ0n) is 18.8. The Morgan fingerprint density at radius 1 is 0.938 bits per heavy atom. The van der Waals surface area contributed by atoms with Crippen LogP contribution in [0, 0.1) is 11.8 Å². The second-order valence-electron chi connectivity index (χ2n) is 8.97. The van der Waals surface area contributed by atoms with E-state index in [4.69, 9.17) is 0 Å². The molecule has 32 heavy (non-hydrogen) atoms. The van der Waals surface area contributed by atoms with Crippen LogP contribution >= 0.6 is 0 Å². The van der Waals surface area contributed by atoms with Crippen LogP contribution in [0.3, 0.4) is 0 Å². The number of nitrogens with zero attached hydrogens (tertiary/aromatic N) is 2. The highest BCUT2D eigenvalue weighted by Gasteiger charge is 2.47. The number of hydrogen-bond donors (Lipinski definition) is 1. The van der Waals surface area contributed by atoms with Crippen molar-refractivity contribution in [1.29, 1.82) is 0 Å². The lowest BCUT2D eigenvalue weighted by Gasteiger charge is -2.28. The minimum atomic E-state index is -0.169. The van der Waals surface area contributed by atoms with Crippen LogP contribution in [0.1, 0.15) is 46.0 Å². The van der Waals surface area contributed by atoms with E-state index in [2.05, 4.69) is 5.32 Å². The smallest absolute Gasteiger partial charge is 0.233 e. The molecule has 2 aromatic rings. The van der Waals surface area contributed by atoms with E-state index in [9.17, 15) is 14.4 Å². The maximum atomic E-state index is 13.1. The van der Waals surface area contributed by atoms with Crippen molar-refractivity contribution in [3.05, 3.63) is 54.6 Å². The Bertz CT molecular complexity index is 948. The molecule has 0 spiro atoms. The number of anilines is 3. The van der Waals surface area contributed by atoms with Gasteiger partial charge in [0.25, 0.3) is 0 Å². The second kappa shape index (κ2) is 9.55. The summed E-state index contributed by atoms with van der Waals surface area (Å²) in [4.78, 5) is 41.6. The van der Waals surface area contributed by atoms with Gasteiger partial charge in [-0.2, -0.15) is 0 Å². The van der Waals surface area contributed by atoms with E-state index in [0.29, 0.717) is 0 Å². The van der Waals surface area contributed by atoms with E-state index in [0.717, 1.165) is 42.7 Å². The maximum Gasteiger partial charge on any atom is 0.233 e. The first-order chi connectivity index (χ1) is 15.5. The lowest BCUT2D eigenvalue weighted by Crippen LogP contribution is -2.40. The van der Waals surface area contributed by atoms with Crippen LogP contribution in [0.15, 0.2) is 54.6 Å². The summed E-state index contributed by atoms with van der Waals surface area (Å²) >= 11 is 0. The van der Waals surface area contributed by atoms with Gasteiger partial charge in [0.2, 0.25) is 17.7 Å². The van der Waals surface area contributed by atoms with Gasteiger partial charge in [-0.25, -0.2) is 0 Å². The number of hydrogen-bond acceptors (Lipinski definition) is 4. The normalized spacial score (nSPS) is 20.4. The van der Waals surface area contributed by atoms with Crippen molar-refractivity contribution in [1.82, 2.24) is 4.90 Å². The zero-order valence-corrected chi connectivity index (χ0v) is 18.8. The summed E-state index contributed by atoms with van der Waals surface area (Å²) in [6.07, 6.45) is 3.73. The van der Waals surface area contributed by atoms with Crippen molar-refractivity contribution < 1.29 is 14.4 Å². The lowest BCUT2D eigenvalue weighted by molar-refractivity contribution is -0.140. The first-order valence-corrected chi connectivity index (χ1v) is 11.5. The summed E-state index contributed by atoms with van der Waals surface area (Å²) < 4.78 is 0. The Labute approximate surface area is 189 Å². The number of benzene rings is 2. The van der Waals surface area contributed by atoms with Crippen LogP contribution in [0.5, 0.6) is 0 Å². The number of nitrogens with one attached hydrogen (secondary N) is 1. The van der Waals surface area contributed by atoms with Crippen molar-refractivity contribution in [3.8, 4) is 0 Å². The van der Waals surface area contributed by atoms with Gasteiger partial charge in [-0.05, 0) is 63.1 Å². The van der Waals surface area contributed by atoms with Gasteiger partial charge >= 0.3 is 0 Å². The van der Waals surface area contributed by atoms with E-state index in [1.54, 1.807) is 4.90 Å². The number of rotatable bonds is 7. The molecule has 3 amide bonds. The predicted molar refractivity (Wildman–Crippen MR) is 126 cm³/mol. The van der Waals surface area contributed by atoms with Gasteiger partial charge in [-0.1, -0.05) is 31.0 Å². The first-order valence-electron chi connectivity index (χ1n) is 11.5. The summed E-state index contributed by atoms with van der Waals surface area (Å²) in [5, 5.41) is 3.34. The fourth-order valence-electron chi connectivity index (χ4n) is 4.90. The molecular formula is C26H31N3O3. The highest BCUT2D eigenvalue weighted by atomic mass is 16.2. The van der Waals surface area contributed by atoms with Gasteiger partial charge in [0, 0.05) is 36.1 Å². The minimum absolute atomic E-state index is 0.0389. The molecule has 6 heteroatoms. The van der Waals surface area contributed by atoms with Crippen LogP contribution in [0.4, 0.5) is 17.1 Å². The molecule has 4 rings (SSSR count). The molecule has 168 valence electrons. The van der Waals surface area contributed by atoms with Crippen LogP contribution in [0.25, 0.3) is 0 Å². The fraction of sp³-hybridized carbons (Fsp3) is 0.423. The number of amides is 3. The number of carbonyl (C=O) groups excluding carboxylic acids is 3. The van der Waals surface area contributed by atoms with Gasteiger partial charge in [0.05, 0.1) is 11.8 Å². The van der Waals surface area contributed by atoms with Gasteiger partial charge in [-0.3, -0.25) is 19.3 Å². The Morgan fingerprint density at radius 3 is 2.06 bits per heavy atom. The molecule has 6 nitrogen and oxygen atoms in total. The van der Waals surface area contributed by atoms with E-state index < -0.39 is 0 Å². The van der Waals surface area contributed by atoms with Crippen molar-refractivity contribution in [2.45, 2.75) is 52.0 Å². The molecule has 0 aromatic heterocycles. The van der Waals surface area contributed by atoms with Crippen LogP contribution in [-0.2, 0) is 14.4 Å².